The van der Waals surface area contributed by atoms with E-state index < -0.39 is 6.10 Å². The van der Waals surface area contributed by atoms with E-state index in [4.69, 9.17) is 4.74 Å². The smallest absolute Gasteiger partial charge is 0.263 e. The van der Waals surface area contributed by atoms with Crippen molar-refractivity contribution >= 4 is 5.91 Å². The van der Waals surface area contributed by atoms with Gasteiger partial charge in [-0.15, -0.1) is 0 Å². The van der Waals surface area contributed by atoms with Crippen LogP contribution in [0, 0.1) is 6.92 Å². The van der Waals surface area contributed by atoms with Gasteiger partial charge in [-0.1, -0.05) is 42.5 Å². The Hall–Kier alpha value is -2.33. The number of ether oxygens (including phenoxy) is 1. The van der Waals surface area contributed by atoms with Crippen molar-refractivity contribution in [2.45, 2.75) is 26.5 Å². The van der Waals surface area contributed by atoms with E-state index in [0.717, 1.165) is 44.0 Å². The molecule has 1 aliphatic heterocycles. The van der Waals surface area contributed by atoms with Gasteiger partial charge < -0.3 is 9.64 Å². The Morgan fingerprint density at radius 1 is 1.04 bits per heavy atom. The van der Waals surface area contributed by atoms with Crippen LogP contribution in [0.3, 0.4) is 0 Å². The molecule has 0 aliphatic carbocycles. The summed E-state index contributed by atoms with van der Waals surface area (Å²) in [4.78, 5) is 16.9. The van der Waals surface area contributed by atoms with E-state index in [2.05, 4.69) is 29.2 Å². The molecule has 1 atom stereocenters. The average Bonchev–Trinajstić information content (AvgIpc) is 2.62. The fraction of sp³-hybridized carbons (Fsp3) is 0.381. The van der Waals surface area contributed by atoms with Gasteiger partial charge >= 0.3 is 0 Å². The number of piperazine rings is 1. The molecule has 0 spiro atoms. The molecule has 2 aromatic rings. The standard InChI is InChI=1S/C21H26N2O2/c1-17-7-6-10-20(15-17)25-18(2)21(24)23-13-11-22(12-14-23)16-19-8-4-3-5-9-19/h3-10,15,18H,11-14,16H2,1-2H3. The lowest BCUT2D eigenvalue weighted by Crippen LogP contribution is -2.51. The first kappa shape index (κ1) is 17.5. The molecular formula is C21H26N2O2. The highest BCUT2D eigenvalue weighted by atomic mass is 16.5. The van der Waals surface area contributed by atoms with Gasteiger partial charge in [0.2, 0.25) is 0 Å². The number of carbonyl (C=O) groups is 1. The minimum atomic E-state index is -0.456. The number of nitrogens with zero attached hydrogens (tertiary/aromatic N) is 2. The summed E-state index contributed by atoms with van der Waals surface area (Å²) < 4.78 is 5.83. The van der Waals surface area contributed by atoms with Crippen molar-refractivity contribution < 1.29 is 9.53 Å². The Morgan fingerprint density at radius 3 is 2.44 bits per heavy atom. The van der Waals surface area contributed by atoms with Crippen LogP contribution >= 0.6 is 0 Å². The summed E-state index contributed by atoms with van der Waals surface area (Å²) in [7, 11) is 0. The van der Waals surface area contributed by atoms with Gasteiger partial charge in [-0.05, 0) is 37.1 Å². The Morgan fingerprint density at radius 2 is 1.76 bits per heavy atom. The number of amides is 1. The van der Waals surface area contributed by atoms with Crippen molar-refractivity contribution in [3.63, 3.8) is 0 Å². The molecule has 3 rings (SSSR count). The fourth-order valence-electron chi connectivity index (χ4n) is 3.17. The maximum Gasteiger partial charge on any atom is 0.263 e. The highest BCUT2D eigenvalue weighted by Gasteiger charge is 2.26. The van der Waals surface area contributed by atoms with Crippen LogP contribution in [0.4, 0.5) is 0 Å². The molecule has 25 heavy (non-hydrogen) atoms. The van der Waals surface area contributed by atoms with E-state index >= 15 is 0 Å². The number of carbonyl (C=O) groups excluding carboxylic acids is 1. The van der Waals surface area contributed by atoms with Gasteiger partial charge in [-0.2, -0.15) is 0 Å². The average molecular weight is 338 g/mol. The molecule has 0 saturated carbocycles. The maximum absolute atomic E-state index is 12.6. The monoisotopic (exact) mass is 338 g/mol. The Labute approximate surface area is 150 Å². The molecule has 1 aliphatic rings. The molecule has 132 valence electrons. The second kappa shape index (κ2) is 8.17. The molecule has 0 radical (unpaired) electrons. The third-order valence-electron chi connectivity index (χ3n) is 4.58. The molecule has 0 bridgehead atoms. The molecule has 0 aromatic heterocycles. The molecular weight excluding hydrogens is 312 g/mol. The first-order valence-electron chi connectivity index (χ1n) is 8.90. The van der Waals surface area contributed by atoms with Gasteiger partial charge in [0.1, 0.15) is 5.75 Å². The van der Waals surface area contributed by atoms with Crippen LogP contribution in [-0.4, -0.2) is 48.0 Å². The Kier molecular flexibility index (Phi) is 5.71. The lowest BCUT2D eigenvalue weighted by atomic mass is 10.2. The highest BCUT2D eigenvalue weighted by Crippen LogP contribution is 2.16. The van der Waals surface area contributed by atoms with Gasteiger partial charge in [0.05, 0.1) is 0 Å². The number of rotatable bonds is 5. The van der Waals surface area contributed by atoms with Gasteiger partial charge in [0.15, 0.2) is 6.10 Å². The van der Waals surface area contributed by atoms with E-state index in [1.165, 1.54) is 5.56 Å². The zero-order chi connectivity index (χ0) is 17.6. The van der Waals surface area contributed by atoms with E-state index in [9.17, 15) is 4.79 Å². The minimum Gasteiger partial charge on any atom is -0.481 e. The second-order valence-electron chi connectivity index (χ2n) is 6.66. The highest BCUT2D eigenvalue weighted by molar-refractivity contribution is 5.81. The number of benzene rings is 2. The summed E-state index contributed by atoms with van der Waals surface area (Å²) >= 11 is 0. The minimum absolute atomic E-state index is 0.0702. The first-order chi connectivity index (χ1) is 12.1. The largest absolute Gasteiger partial charge is 0.481 e. The molecule has 1 saturated heterocycles. The lowest BCUT2D eigenvalue weighted by molar-refractivity contribution is -0.139. The maximum atomic E-state index is 12.6. The SMILES string of the molecule is Cc1cccc(OC(C)C(=O)N2CCN(Cc3ccccc3)CC2)c1. The van der Waals surface area contributed by atoms with E-state index in [1.807, 2.05) is 49.1 Å². The van der Waals surface area contributed by atoms with Crippen LogP contribution in [0.5, 0.6) is 5.75 Å². The van der Waals surface area contributed by atoms with Crippen molar-refractivity contribution in [2.75, 3.05) is 26.2 Å². The van der Waals surface area contributed by atoms with Gasteiger partial charge in [-0.3, -0.25) is 9.69 Å². The van der Waals surface area contributed by atoms with Crippen molar-refractivity contribution in [2.24, 2.45) is 0 Å². The van der Waals surface area contributed by atoms with Crippen molar-refractivity contribution in [1.29, 1.82) is 0 Å². The summed E-state index contributed by atoms with van der Waals surface area (Å²) in [5.74, 6) is 0.824. The summed E-state index contributed by atoms with van der Waals surface area (Å²) in [5.41, 5.74) is 2.45. The van der Waals surface area contributed by atoms with Crippen LogP contribution in [0.15, 0.2) is 54.6 Å². The summed E-state index contributed by atoms with van der Waals surface area (Å²) in [6, 6.07) is 18.3. The number of hydrogen-bond donors (Lipinski definition) is 0. The molecule has 1 unspecified atom stereocenters. The van der Waals surface area contributed by atoms with Gasteiger partial charge in [0, 0.05) is 32.7 Å². The zero-order valence-electron chi connectivity index (χ0n) is 15.0. The fourth-order valence-corrected chi connectivity index (χ4v) is 3.17. The van der Waals surface area contributed by atoms with Gasteiger partial charge in [-0.25, -0.2) is 0 Å². The van der Waals surface area contributed by atoms with Crippen LogP contribution in [-0.2, 0) is 11.3 Å². The van der Waals surface area contributed by atoms with Crippen molar-refractivity contribution in [1.82, 2.24) is 9.80 Å². The van der Waals surface area contributed by atoms with E-state index in [0.29, 0.717) is 0 Å². The van der Waals surface area contributed by atoms with E-state index in [1.54, 1.807) is 0 Å². The quantitative estimate of drug-likeness (QED) is 0.840. The number of hydrogen-bond acceptors (Lipinski definition) is 3. The third kappa shape index (κ3) is 4.83. The summed E-state index contributed by atoms with van der Waals surface area (Å²) in [6.07, 6.45) is -0.456. The molecule has 1 fully saturated rings. The van der Waals surface area contributed by atoms with E-state index in [-0.39, 0.29) is 5.91 Å². The molecule has 1 heterocycles. The second-order valence-corrected chi connectivity index (χ2v) is 6.66. The topological polar surface area (TPSA) is 32.8 Å². The molecule has 4 heteroatoms. The predicted octanol–water partition coefficient (Wildman–Crippen LogP) is 3.11. The normalized spacial score (nSPS) is 16.5. The van der Waals surface area contributed by atoms with Gasteiger partial charge in [0.25, 0.3) is 5.91 Å². The van der Waals surface area contributed by atoms with Crippen LogP contribution in [0.25, 0.3) is 0 Å². The number of aryl methyl sites for hydroxylation is 1. The third-order valence-corrected chi connectivity index (χ3v) is 4.58. The van der Waals surface area contributed by atoms with Crippen molar-refractivity contribution in [3.8, 4) is 5.75 Å². The van der Waals surface area contributed by atoms with Crippen molar-refractivity contribution in [3.05, 3.63) is 65.7 Å². The zero-order valence-corrected chi connectivity index (χ0v) is 15.0. The molecule has 4 nitrogen and oxygen atoms in total. The molecule has 0 N–H and O–H groups in total. The van der Waals surface area contributed by atoms with Crippen LogP contribution < -0.4 is 4.74 Å². The summed E-state index contributed by atoms with van der Waals surface area (Å²) in [5, 5.41) is 0. The lowest BCUT2D eigenvalue weighted by Gasteiger charge is -2.35. The van der Waals surface area contributed by atoms with Crippen LogP contribution in [0.2, 0.25) is 0 Å². The first-order valence-corrected chi connectivity index (χ1v) is 8.90. The molecule has 2 aromatic carbocycles. The summed E-state index contributed by atoms with van der Waals surface area (Å²) in [6.45, 7) is 8.11. The molecule has 1 amide bonds. The Bertz CT molecular complexity index is 694. The van der Waals surface area contributed by atoms with Crippen LogP contribution in [0.1, 0.15) is 18.1 Å². The predicted molar refractivity (Wildman–Crippen MR) is 99.6 cm³/mol. The Balaban J connectivity index is 1.49.